The van der Waals surface area contributed by atoms with Gasteiger partial charge >= 0.3 is 0 Å². The number of nitrogens with one attached hydrogen (secondary N) is 1. The van der Waals surface area contributed by atoms with Gasteiger partial charge in [-0.3, -0.25) is 4.79 Å². The molecule has 1 aliphatic rings. The van der Waals surface area contributed by atoms with Crippen LogP contribution in [0.1, 0.15) is 24.5 Å². The molecule has 1 N–H and O–H groups in total. The second kappa shape index (κ2) is 8.31. The van der Waals surface area contributed by atoms with E-state index in [1.807, 2.05) is 12.1 Å². The molecule has 3 heterocycles. The first-order valence-electron chi connectivity index (χ1n) is 9.41. The van der Waals surface area contributed by atoms with Crippen molar-refractivity contribution in [3.8, 4) is 0 Å². The molecule has 0 saturated carbocycles. The molecular weight excluding hydrogens is 412 g/mol. The summed E-state index contributed by atoms with van der Waals surface area (Å²) < 4.78 is 27.8. The fraction of sp³-hybridized carbons (Fsp3) is 0.238. The van der Waals surface area contributed by atoms with E-state index in [0.29, 0.717) is 24.1 Å². The zero-order valence-corrected chi connectivity index (χ0v) is 16.7. The summed E-state index contributed by atoms with van der Waals surface area (Å²) in [4.78, 5) is 26.8. The fourth-order valence-corrected chi connectivity index (χ4v) is 3.74. The standard InChI is InChI=1S/C21H18ClF2N5O/c1-2-17(30)29-9-3-4-12(10-29)14-7-8-16-20(27-14)21(26-11-25-16)28-15-6-5-13(23)18(22)19(15)24/h2,5-8,11-12H,1,3-4,9-10H2,(H,25,26,28)/t12-/m1/s1. The average Bonchev–Trinajstić information content (AvgIpc) is 2.79. The zero-order valence-electron chi connectivity index (χ0n) is 15.9. The van der Waals surface area contributed by atoms with Crippen LogP contribution in [0, 0.1) is 11.6 Å². The summed E-state index contributed by atoms with van der Waals surface area (Å²) in [6, 6.07) is 6.01. The normalized spacial score (nSPS) is 16.5. The molecule has 0 spiro atoms. The summed E-state index contributed by atoms with van der Waals surface area (Å²) >= 11 is 5.67. The number of likely N-dealkylation sites (tertiary alicyclic amines) is 1. The third kappa shape index (κ3) is 3.82. The van der Waals surface area contributed by atoms with Crippen molar-refractivity contribution < 1.29 is 13.6 Å². The van der Waals surface area contributed by atoms with Crippen molar-refractivity contribution in [2.45, 2.75) is 18.8 Å². The summed E-state index contributed by atoms with van der Waals surface area (Å²) in [5.74, 6) is -1.53. The van der Waals surface area contributed by atoms with Crippen LogP contribution in [0.25, 0.3) is 11.0 Å². The number of halogens is 3. The molecule has 0 bridgehead atoms. The highest BCUT2D eigenvalue weighted by atomic mass is 35.5. The maximum absolute atomic E-state index is 14.3. The number of aromatic nitrogens is 3. The van der Waals surface area contributed by atoms with Gasteiger partial charge < -0.3 is 10.2 Å². The average molecular weight is 430 g/mol. The lowest BCUT2D eigenvalue weighted by atomic mass is 9.94. The van der Waals surface area contributed by atoms with Gasteiger partial charge in [0.15, 0.2) is 11.6 Å². The number of carbonyl (C=O) groups is 1. The van der Waals surface area contributed by atoms with E-state index in [1.54, 1.807) is 4.90 Å². The quantitative estimate of drug-likeness (QED) is 0.485. The number of hydrogen-bond acceptors (Lipinski definition) is 5. The van der Waals surface area contributed by atoms with Crippen molar-refractivity contribution >= 4 is 40.0 Å². The smallest absolute Gasteiger partial charge is 0.245 e. The Morgan fingerprint density at radius 2 is 2.10 bits per heavy atom. The molecule has 1 aromatic carbocycles. The highest BCUT2D eigenvalue weighted by Gasteiger charge is 2.25. The van der Waals surface area contributed by atoms with Gasteiger partial charge in [0.25, 0.3) is 0 Å². The third-order valence-corrected chi connectivity index (χ3v) is 5.46. The van der Waals surface area contributed by atoms with Gasteiger partial charge in [-0.1, -0.05) is 18.2 Å². The molecule has 0 unspecified atom stereocenters. The summed E-state index contributed by atoms with van der Waals surface area (Å²) in [5.41, 5.74) is 1.79. The first kappa shape index (κ1) is 20.2. The Hall–Kier alpha value is -3.13. The molecule has 2 aromatic heterocycles. The number of fused-ring (bicyclic) bond motifs is 1. The van der Waals surface area contributed by atoms with E-state index in [0.717, 1.165) is 24.6 Å². The number of piperidine rings is 1. The fourth-order valence-electron chi connectivity index (χ4n) is 3.57. The van der Waals surface area contributed by atoms with E-state index in [-0.39, 0.29) is 23.3 Å². The predicted molar refractivity (Wildman–Crippen MR) is 111 cm³/mol. The van der Waals surface area contributed by atoms with Gasteiger partial charge in [0.05, 0.1) is 11.2 Å². The summed E-state index contributed by atoms with van der Waals surface area (Å²) in [5, 5.41) is 2.24. The molecular formula is C21H18ClF2N5O. The molecule has 9 heteroatoms. The number of pyridine rings is 1. The van der Waals surface area contributed by atoms with Gasteiger partial charge in [-0.25, -0.2) is 23.7 Å². The minimum atomic E-state index is -0.912. The molecule has 154 valence electrons. The van der Waals surface area contributed by atoms with E-state index < -0.39 is 16.7 Å². The van der Waals surface area contributed by atoms with Gasteiger partial charge in [0.2, 0.25) is 5.91 Å². The van der Waals surface area contributed by atoms with Crippen LogP contribution in [0.2, 0.25) is 5.02 Å². The Morgan fingerprint density at radius 1 is 1.27 bits per heavy atom. The van der Waals surface area contributed by atoms with Crippen LogP contribution < -0.4 is 5.32 Å². The Labute approximate surface area is 176 Å². The van der Waals surface area contributed by atoms with Crippen LogP contribution >= 0.6 is 11.6 Å². The molecule has 3 aromatic rings. The summed E-state index contributed by atoms with van der Waals surface area (Å²) in [6.07, 6.45) is 4.40. The number of rotatable bonds is 4. The Bertz CT molecular complexity index is 1140. The number of nitrogens with zero attached hydrogens (tertiary/aromatic N) is 4. The largest absolute Gasteiger partial charge is 0.339 e. The zero-order chi connectivity index (χ0) is 21.3. The van der Waals surface area contributed by atoms with Gasteiger partial charge in [0, 0.05) is 24.7 Å². The minimum Gasteiger partial charge on any atom is -0.339 e. The number of anilines is 2. The van der Waals surface area contributed by atoms with Gasteiger partial charge in [-0.2, -0.15) is 0 Å². The Balaban J connectivity index is 1.68. The maximum atomic E-state index is 14.3. The molecule has 1 atom stereocenters. The van der Waals surface area contributed by atoms with Crippen molar-refractivity contribution in [2.75, 3.05) is 18.4 Å². The van der Waals surface area contributed by atoms with Crippen LogP contribution in [-0.2, 0) is 4.79 Å². The molecule has 30 heavy (non-hydrogen) atoms. The molecule has 0 radical (unpaired) electrons. The Morgan fingerprint density at radius 3 is 2.90 bits per heavy atom. The second-order valence-corrected chi connectivity index (χ2v) is 7.38. The molecule has 6 nitrogen and oxygen atoms in total. The van der Waals surface area contributed by atoms with Gasteiger partial charge in [-0.05, 0) is 43.2 Å². The van der Waals surface area contributed by atoms with Crippen molar-refractivity contribution in [1.29, 1.82) is 0 Å². The molecule has 1 saturated heterocycles. The van der Waals surface area contributed by atoms with Crippen LogP contribution in [-0.4, -0.2) is 38.8 Å². The van der Waals surface area contributed by atoms with Crippen molar-refractivity contribution in [3.05, 3.63) is 65.6 Å². The highest BCUT2D eigenvalue weighted by Crippen LogP contribution is 2.31. The molecule has 1 aliphatic heterocycles. The van der Waals surface area contributed by atoms with Crippen LogP contribution in [0.15, 0.2) is 43.2 Å². The molecule has 1 amide bonds. The first-order chi connectivity index (χ1) is 14.5. The van der Waals surface area contributed by atoms with Crippen molar-refractivity contribution in [3.63, 3.8) is 0 Å². The van der Waals surface area contributed by atoms with E-state index >= 15 is 0 Å². The predicted octanol–water partition coefficient (Wildman–Crippen LogP) is 4.59. The molecule has 0 aliphatic carbocycles. The lowest BCUT2D eigenvalue weighted by molar-refractivity contribution is -0.127. The van der Waals surface area contributed by atoms with Crippen LogP contribution in [0.3, 0.4) is 0 Å². The lowest BCUT2D eigenvalue weighted by Gasteiger charge is -2.31. The van der Waals surface area contributed by atoms with E-state index in [4.69, 9.17) is 16.6 Å². The van der Waals surface area contributed by atoms with Gasteiger partial charge in [-0.15, -0.1) is 0 Å². The minimum absolute atomic E-state index is 0.0194. The third-order valence-electron chi connectivity index (χ3n) is 5.12. The van der Waals surface area contributed by atoms with Gasteiger partial charge in [0.1, 0.15) is 22.7 Å². The summed E-state index contributed by atoms with van der Waals surface area (Å²) in [7, 11) is 0. The number of carbonyl (C=O) groups excluding carboxylic acids is 1. The lowest BCUT2D eigenvalue weighted by Crippen LogP contribution is -2.38. The SMILES string of the molecule is C=CC(=O)N1CCC[C@@H](c2ccc3ncnc(Nc4ccc(F)c(Cl)c4F)c3n2)C1. The topological polar surface area (TPSA) is 71.0 Å². The van der Waals surface area contributed by atoms with E-state index in [2.05, 4.69) is 21.9 Å². The molecule has 1 fully saturated rings. The number of hydrogen-bond donors (Lipinski definition) is 1. The van der Waals surface area contributed by atoms with E-state index in [1.165, 1.54) is 18.5 Å². The van der Waals surface area contributed by atoms with E-state index in [9.17, 15) is 13.6 Å². The summed E-state index contributed by atoms with van der Waals surface area (Å²) in [6.45, 7) is 4.78. The number of amides is 1. The van der Waals surface area contributed by atoms with Crippen molar-refractivity contribution in [1.82, 2.24) is 19.9 Å². The van der Waals surface area contributed by atoms with Crippen LogP contribution in [0.5, 0.6) is 0 Å². The Kier molecular flexibility index (Phi) is 5.59. The monoisotopic (exact) mass is 429 g/mol. The number of benzene rings is 1. The van der Waals surface area contributed by atoms with Crippen molar-refractivity contribution in [2.24, 2.45) is 0 Å². The molecule has 4 rings (SSSR count). The first-order valence-corrected chi connectivity index (χ1v) is 9.79. The maximum Gasteiger partial charge on any atom is 0.245 e. The second-order valence-electron chi connectivity index (χ2n) is 7.00. The van der Waals surface area contributed by atoms with Crippen LogP contribution in [0.4, 0.5) is 20.3 Å². The highest BCUT2D eigenvalue weighted by molar-refractivity contribution is 6.31.